The maximum atomic E-state index is 13.0. The number of carbonyl (C=O) groups is 3. The van der Waals surface area contributed by atoms with E-state index in [0.717, 1.165) is 18.2 Å². The van der Waals surface area contributed by atoms with Gasteiger partial charge in [-0.25, -0.2) is 8.42 Å². The highest BCUT2D eigenvalue weighted by Crippen LogP contribution is 2.19. The van der Waals surface area contributed by atoms with Gasteiger partial charge in [0.05, 0.1) is 11.3 Å². The minimum Gasteiger partial charge on any atom is -0.480 e. The Balaban J connectivity index is 1.69. The number of likely N-dealkylation sites (tertiary alicyclic amines) is 1. The first-order valence-corrected chi connectivity index (χ1v) is 12.9. The van der Waals surface area contributed by atoms with E-state index in [1.54, 1.807) is 23.1 Å². The number of carboxylic acid groups (broad SMARTS) is 1. The molecule has 2 aromatic carbocycles. The standard InChI is InChI=1S/C23H30N6O6S/c24-23(25)29-9-3-4-15(14-29)12-26-20(30)11-19(22(33)27-13-21(31)32)28-36(34,35)18-8-7-16-5-1-2-6-17(16)10-18/h1-2,5-8,10,15,19,28H,3-4,9,11-14H2,(H3,24,25)(H,26,30)(H,27,33)(H,31,32)/t15-,19-/m0/s1. The van der Waals surface area contributed by atoms with Crippen LogP contribution in [0.25, 0.3) is 10.8 Å². The van der Waals surface area contributed by atoms with Crippen molar-refractivity contribution < 1.29 is 27.9 Å². The largest absolute Gasteiger partial charge is 0.480 e. The van der Waals surface area contributed by atoms with E-state index in [-0.39, 0.29) is 23.3 Å². The molecule has 1 fully saturated rings. The molecule has 0 aliphatic carbocycles. The number of carboxylic acids is 1. The summed E-state index contributed by atoms with van der Waals surface area (Å²) >= 11 is 0. The van der Waals surface area contributed by atoms with Crippen LogP contribution in [-0.4, -0.2) is 74.4 Å². The predicted molar refractivity (Wildman–Crippen MR) is 133 cm³/mol. The summed E-state index contributed by atoms with van der Waals surface area (Å²) < 4.78 is 28.3. The highest BCUT2D eigenvalue weighted by atomic mass is 32.2. The number of nitrogens with two attached hydrogens (primary N) is 1. The van der Waals surface area contributed by atoms with E-state index in [1.807, 2.05) is 12.1 Å². The number of piperidine rings is 1. The van der Waals surface area contributed by atoms with Crippen LogP contribution in [0.3, 0.4) is 0 Å². The molecular formula is C23H30N6O6S. The molecule has 0 aromatic heterocycles. The summed E-state index contributed by atoms with van der Waals surface area (Å²) in [5.41, 5.74) is 5.54. The van der Waals surface area contributed by atoms with Gasteiger partial charge in [0.25, 0.3) is 0 Å². The first-order chi connectivity index (χ1) is 17.0. The predicted octanol–water partition coefficient (Wildman–Crippen LogP) is -0.201. The fourth-order valence-electron chi connectivity index (χ4n) is 4.03. The molecule has 2 aromatic rings. The molecular weight excluding hydrogens is 488 g/mol. The molecule has 7 N–H and O–H groups in total. The lowest BCUT2D eigenvalue weighted by molar-refractivity contribution is -0.138. The van der Waals surface area contributed by atoms with Gasteiger partial charge in [0.1, 0.15) is 12.6 Å². The lowest BCUT2D eigenvalue weighted by atomic mass is 9.98. The third kappa shape index (κ3) is 7.39. The van der Waals surface area contributed by atoms with Gasteiger partial charge in [0.2, 0.25) is 21.8 Å². The minimum absolute atomic E-state index is 0.0377. The van der Waals surface area contributed by atoms with E-state index in [1.165, 1.54) is 12.1 Å². The van der Waals surface area contributed by atoms with E-state index >= 15 is 0 Å². The Morgan fingerprint density at radius 2 is 1.86 bits per heavy atom. The first kappa shape index (κ1) is 26.9. The number of fused-ring (bicyclic) bond motifs is 1. The van der Waals surface area contributed by atoms with Crippen molar-refractivity contribution in [1.82, 2.24) is 20.3 Å². The zero-order valence-corrected chi connectivity index (χ0v) is 20.4. The summed E-state index contributed by atoms with van der Waals surface area (Å²) in [5, 5.41) is 22.8. The number of rotatable bonds is 10. The van der Waals surface area contributed by atoms with Gasteiger partial charge in [-0.2, -0.15) is 4.72 Å². The highest BCUT2D eigenvalue weighted by Gasteiger charge is 2.29. The van der Waals surface area contributed by atoms with E-state index in [4.69, 9.17) is 16.2 Å². The van der Waals surface area contributed by atoms with Crippen molar-refractivity contribution in [1.29, 1.82) is 5.41 Å². The van der Waals surface area contributed by atoms with Crippen LogP contribution < -0.4 is 21.1 Å². The zero-order chi connectivity index (χ0) is 26.3. The van der Waals surface area contributed by atoms with Crippen LogP contribution in [-0.2, 0) is 24.4 Å². The molecule has 0 unspecified atom stereocenters. The van der Waals surface area contributed by atoms with Crippen molar-refractivity contribution in [3.05, 3.63) is 42.5 Å². The monoisotopic (exact) mass is 518 g/mol. The maximum Gasteiger partial charge on any atom is 0.322 e. The van der Waals surface area contributed by atoms with Gasteiger partial charge in [0, 0.05) is 19.6 Å². The van der Waals surface area contributed by atoms with Crippen molar-refractivity contribution in [2.45, 2.75) is 30.2 Å². The molecule has 0 saturated carbocycles. The maximum absolute atomic E-state index is 13.0. The summed E-state index contributed by atoms with van der Waals surface area (Å²) in [6, 6.07) is 10.1. The molecule has 2 amide bonds. The smallest absolute Gasteiger partial charge is 0.322 e. The van der Waals surface area contributed by atoms with E-state index < -0.39 is 46.8 Å². The minimum atomic E-state index is -4.21. The average Bonchev–Trinajstić information content (AvgIpc) is 2.85. The number of aliphatic carboxylic acids is 1. The van der Waals surface area contributed by atoms with Crippen molar-refractivity contribution in [3.8, 4) is 0 Å². The molecule has 2 atom stereocenters. The molecule has 1 heterocycles. The Labute approximate surface area is 208 Å². The lowest BCUT2D eigenvalue weighted by Gasteiger charge is -2.33. The van der Waals surface area contributed by atoms with Gasteiger partial charge < -0.3 is 26.4 Å². The van der Waals surface area contributed by atoms with Crippen molar-refractivity contribution in [2.75, 3.05) is 26.2 Å². The fourth-order valence-corrected chi connectivity index (χ4v) is 5.26. The molecule has 1 aliphatic heterocycles. The molecule has 3 rings (SSSR count). The molecule has 1 aliphatic rings. The molecule has 13 heteroatoms. The second-order valence-corrected chi connectivity index (χ2v) is 10.4. The quantitative estimate of drug-likeness (QED) is 0.184. The Morgan fingerprint density at radius 1 is 1.14 bits per heavy atom. The summed E-state index contributed by atoms with van der Waals surface area (Å²) in [7, 11) is -4.21. The second kappa shape index (κ2) is 11.8. The Hall–Kier alpha value is -3.71. The Bertz CT molecular complexity index is 1250. The third-order valence-electron chi connectivity index (χ3n) is 5.90. The van der Waals surface area contributed by atoms with E-state index in [9.17, 15) is 22.8 Å². The van der Waals surface area contributed by atoms with Crippen LogP contribution in [0.15, 0.2) is 47.4 Å². The normalized spacial score (nSPS) is 16.8. The molecule has 1 saturated heterocycles. The molecule has 36 heavy (non-hydrogen) atoms. The number of guanidine groups is 1. The number of hydrogen-bond acceptors (Lipinski definition) is 6. The number of benzene rings is 2. The average molecular weight is 519 g/mol. The molecule has 12 nitrogen and oxygen atoms in total. The van der Waals surface area contributed by atoms with Gasteiger partial charge >= 0.3 is 5.97 Å². The van der Waals surface area contributed by atoms with E-state index in [2.05, 4.69) is 15.4 Å². The highest BCUT2D eigenvalue weighted by molar-refractivity contribution is 7.89. The number of carbonyl (C=O) groups excluding carboxylic acids is 2. The summed E-state index contributed by atoms with van der Waals surface area (Å²) in [6.07, 6.45) is 1.11. The summed E-state index contributed by atoms with van der Waals surface area (Å²) in [5.74, 6) is -2.82. The van der Waals surface area contributed by atoms with Gasteiger partial charge in [-0.05, 0) is 41.7 Å². The number of hydrogen-bond donors (Lipinski definition) is 6. The summed E-state index contributed by atoms with van der Waals surface area (Å²) in [6.45, 7) is 0.718. The van der Waals surface area contributed by atoms with Gasteiger partial charge in [-0.1, -0.05) is 30.3 Å². The SMILES string of the molecule is N=C(N)N1CCC[C@@H](CNC(=O)C[C@H](NS(=O)(=O)c2ccc3ccccc3c2)C(=O)NCC(=O)O)C1. The van der Waals surface area contributed by atoms with Gasteiger partial charge in [-0.15, -0.1) is 0 Å². The number of sulfonamides is 1. The Kier molecular flexibility index (Phi) is 8.83. The molecule has 0 bridgehead atoms. The van der Waals surface area contributed by atoms with Gasteiger partial charge in [-0.3, -0.25) is 19.8 Å². The Morgan fingerprint density at radius 3 is 2.56 bits per heavy atom. The second-order valence-electron chi connectivity index (χ2n) is 8.64. The van der Waals surface area contributed by atoms with Crippen LogP contribution in [0, 0.1) is 11.3 Å². The number of amides is 2. The van der Waals surface area contributed by atoms with E-state index in [0.29, 0.717) is 18.5 Å². The van der Waals surface area contributed by atoms with Crippen molar-refractivity contribution in [3.63, 3.8) is 0 Å². The molecule has 0 radical (unpaired) electrons. The fraction of sp³-hybridized carbons (Fsp3) is 0.391. The van der Waals surface area contributed by atoms with Gasteiger partial charge in [0.15, 0.2) is 5.96 Å². The molecule has 0 spiro atoms. The van der Waals surface area contributed by atoms with Crippen LogP contribution >= 0.6 is 0 Å². The number of nitrogens with one attached hydrogen (secondary N) is 4. The lowest BCUT2D eigenvalue weighted by Crippen LogP contribution is -2.50. The topological polar surface area (TPSA) is 195 Å². The van der Waals surface area contributed by atoms with Crippen LogP contribution in [0.1, 0.15) is 19.3 Å². The number of nitrogens with zero attached hydrogens (tertiary/aromatic N) is 1. The van der Waals surface area contributed by atoms with Crippen molar-refractivity contribution >= 4 is 44.5 Å². The third-order valence-corrected chi connectivity index (χ3v) is 7.37. The van der Waals surface area contributed by atoms with Crippen LogP contribution in [0.5, 0.6) is 0 Å². The zero-order valence-electron chi connectivity index (χ0n) is 19.6. The van der Waals surface area contributed by atoms with Crippen LogP contribution in [0.2, 0.25) is 0 Å². The first-order valence-electron chi connectivity index (χ1n) is 11.4. The summed E-state index contributed by atoms with van der Waals surface area (Å²) in [4.78, 5) is 37.7. The van der Waals surface area contributed by atoms with Crippen LogP contribution in [0.4, 0.5) is 0 Å². The van der Waals surface area contributed by atoms with Crippen molar-refractivity contribution in [2.24, 2.45) is 11.7 Å². The molecule has 194 valence electrons.